The molecule has 2 aromatic rings. The molecule has 0 saturated carbocycles. The van der Waals surface area contributed by atoms with Gasteiger partial charge in [-0.3, -0.25) is 0 Å². The molecule has 3 heterocycles. The second kappa shape index (κ2) is 8.22. The van der Waals surface area contributed by atoms with Crippen molar-refractivity contribution in [3.8, 4) is 6.01 Å². The van der Waals surface area contributed by atoms with Crippen molar-refractivity contribution in [3.63, 3.8) is 0 Å². The second-order valence-corrected chi connectivity index (χ2v) is 7.82. The summed E-state index contributed by atoms with van der Waals surface area (Å²) in [7, 11) is 0. The molecule has 0 aliphatic carbocycles. The van der Waals surface area contributed by atoms with Gasteiger partial charge in [-0.2, -0.15) is 15.0 Å². The second-order valence-electron chi connectivity index (χ2n) is 7.82. The monoisotopic (exact) mass is 387 g/mol. The third-order valence-electron chi connectivity index (χ3n) is 4.54. The van der Waals surface area contributed by atoms with Crippen LogP contribution >= 0.6 is 0 Å². The number of piperazine rings is 1. The van der Waals surface area contributed by atoms with Gasteiger partial charge < -0.3 is 19.6 Å². The minimum atomic E-state index is -0.192. The van der Waals surface area contributed by atoms with Crippen molar-refractivity contribution in [2.24, 2.45) is 0 Å². The van der Waals surface area contributed by atoms with Crippen LogP contribution in [0.25, 0.3) is 0 Å². The molecule has 1 saturated heterocycles. The van der Waals surface area contributed by atoms with E-state index in [2.05, 4.69) is 48.6 Å². The normalized spacial score (nSPS) is 16.5. The molecule has 9 nitrogen and oxygen atoms in total. The molecular formula is C19H29N7O2. The van der Waals surface area contributed by atoms with Crippen molar-refractivity contribution >= 4 is 11.8 Å². The third-order valence-corrected chi connectivity index (χ3v) is 4.54. The maximum atomic E-state index is 9.15. The number of hydrogen-bond donors (Lipinski definition) is 1. The summed E-state index contributed by atoms with van der Waals surface area (Å²) in [5, 5.41) is 9.15. The van der Waals surface area contributed by atoms with Crippen molar-refractivity contribution in [1.29, 1.82) is 0 Å². The van der Waals surface area contributed by atoms with Crippen LogP contribution in [0, 0.1) is 6.92 Å². The molecule has 0 spiro atoms. The Labute approximate surface area is 165 Å². The molecule has 0 amide bonds. The molecule has 9 heteroatoms. The molecule has 28 heavy (non-hydrogen) atoms. The van der Waals surface area contributed by atoms with E-state index < -0.39 is 0 Å². The third kappa shape index (κ3) is 4.64. The molecule has 152 valence electrons. The van der Waals surface area contributed by atoms with Crippen LogP contribution in [0.5, 0.6) is 6.01 Å². The predicted octanol–water partition coefficient (Wildman–Crippen LogP) is 1.40. The first-order valence-corrected chi connectivity index (χ1v) is 9.63. The minimum Gasteiger partial charge on any atom is -0.461 e. The summed E-state index contributed by atoms with van der Waals surface area (Å²) < 4.78 is 5.67. The summed E-state index contributed by atoms with van der Waals surface area (Å²) in [5.41, 5.74) is -0.192. The topological polar surface area (TPSA) is 100 Å². The summed E-state index contributed by atoms with van der Waals surface area (Å²) in [6, 6.07) is 2.28. The van der Waals surface area contributed by atoms with Crippen molar-refractivity contribution in [3.05, 3.63) is 23.9 Å². The Bertz CT molecular complexity index is 813. The molecule has 0 aromatic carbocycles. The lowest BCUT2D eigenvalue weighted by Gasteiger charge is -2.47. The number of aromatic nitrogens is 5. The van der Waals surface area contributed by atoms with Gasteiger partial charge in [0, 0.05) is 32.3 Å². The van der Waals surface area contributed by atoms with E-state index in [4.69, 9.17) is 9.84 Å². The fourth-order valence-corrected chi connectivity index (χ4v) is 3.36. The maximum absolute atomic E-state index is 9.15. The lowest BCUT2D eigenvalue weighted by molar-refractivity contribution is 0.220. The highest BCUT2D eigenvalue weighted by atomic mass is 16.5. The van der Waals surface area contributed by atoms with Crippen LogP contribution in [-0.2, 0) is 6.42 Å². The van der Waals surface area contributed by atoms with E-state index in [1.165, 1.54) is 0 Å². The Morgan fingerprint density at radius 2 is 1.96 bits per heavy atom. The highest BCUT2D eigenvalue weighted by molar-refractivity contribution is 5.46. The van der Waals surface area contributed by atoms with Crippen LogP contribution in [0.15, 0.2) is 12.3 Å². The molecule has 0 radical (unpaired) electrons. The first-order valence-electron chi connectivity index (χ1n) is 9.63. The highest BCUT2D eigenvalue weighted by Crippen LogP contribution is 2.28. The van der Waals surface area contributed by atoms with Crippen LogP contribution in [0.1, 0.15) is 39.3 Å². The molecule has 1 fully saturated rings. The van der Waals surface area contributed by atoms with Crippen LogP contribution in [-0.4, -0.2) is 67.9 Å². The van der Waals surface area contributed by atoms with Crippen LogP contribution in [0.4, 0.5) is 11.8 Å². The first kappa shape index (κ1) is 20.2. The molecule has 3 rings (SSSR count). The summed E-state index contributed by atoms with van der Waals surface area (Å²) in [5.74, 6) is 2.81. The smallest absolute Gasteiger partial charge is 0.321 e. The van der Waals surface area contributed by atoms with Crippen LogP contribution < -0.4 is 14.5 Å². The van der Waals surface area contributed by atoms with E-state index in [0.29, 0.717) is 30.0 Å². The fourth-order valence-electron chi connectivity index (χ4n) is 3.36. The summed E-state index contributed by atoms with van der Waals surface area (Å²) in [6.45, 7) is 12.4. The Morgan fingerprint density at radius 1 is 1.18 bits per heavy atom. The number of aliphatic hydroxyl groups excluding tert-OH is 1. The number of ether oxygens (including phenoxy) is 1. The molecule has 0 unspecified atom stereocenters. The molecule has 1 aliphatic rings. The van der Waals surface area contributed by atoms with Gasteiger partial charge in [-0.05, 0) is 40.7 Å². The van der Waals surface area contributed by atoms with Gasteiger partial charge in [-0.15, -0.1) is 0 Å². The zero-order valence-electron chi connectivity index (χ0n) is 17.3. The molecule has 0 bridgehead atoms. The molecule has 0 atom stereocenters. The highest BCUT2D eigenvalue weighted by Gasteiger charge is 2.36. The maximum Gasteiger partial charge on any atom is 0.321 e. The van der Waals surface area contributed by atoms with Gasteiger partial charge in [-0.25, -0.2) is 9.97 Å². The zero-order chi connectivity index (χ0) is 20.3. The standard InChI is InChI=1S/C19H29N7O2/c1-13(2)28-18-22-14(3)21-17(24-18)25-9-10-26(19(4,5)12-25)16-6-8-20-15(23-16)7-11-27/h6,8,13,27H,7,9-12H2,1-5H3. The average Bonchev–Trinajstić information content (AvgIpc) is 2.60. The van der Waals surface area contributed by atoms with Gasteiger partial charge in [-0.1, -0.05) is 0 Å². The van der Waals surface area contributed by atoms with Crippen LogP contribution in [0.3, 0.4) is 0 Å². The Balaban J connectivity index is 1.80. The molecule has 1 N–H and O–H groups in total. The Kier molecular flexibility index (Phi) is 5.93. The van der Waals surface area contributed by atoms with E-state index >= 15 is 0 Å². The van der Waals surface area contributed by atoms with E-state index in [9.17, 15) is 0 Å². The van der Waals surface area contributed by atoms with E-state index in [-0.39, 0.29) is 18.2 Å². The van der Waals surface area contributed by atoms with Gasteiger partial charge in [0.15, 0.2) is 0 Å². The molecular weight excluding hydrogens is 358 g/mol. The van der Waals surface area contributed by atoms with Crippen molar-refractivity contribution in [2.45, 2.75) is 52.7 Å². The van der Waals surface area contributed by atoms with Crippen molar-refractivity contribution in [2.75, 3.05) is 36.0 Å². The summed E-state index contributed by atoms with van der Waals surface area (Å²) in [4.78, 5) is 26.6. The number of aliphatic hydroxyl groups is 1. The van der Waals surface area contributed by atoms with E-state index in [1.54, 1.807) is 6.20 Å². The Hall–Kier alpha value is -2.55. The van der Waals surface area contributed by atoms with Crippen molar-refractivity contribution < 1.29 is 9.84 Å². The number of nitrogens with zero attached hydrogens (tertiary/aromatic N) is 7. The van der Waals surface area contributed by atoms with Gasteiger partial charge in [0.05, 0.1) is 18.2 Å². The number of rotatable bonds is 6. The van der Waals surface area contributed by atoms with Crippen LogP contribution in [0.2, 0.25) is 0 Å². The van der Waals surface area contributed by atoms with Gasteiger partial charge in [0.2, 0.25) is 5.95 Å². The predicted molar refractivity (Wildman–Crippen MR) is 107 cm³/mol. The number of aryl methyl sites for hydroxylation is 1. The van der Waals surface area contributed by atoms with Gasteiger partial charge in [0.1, 0.15) is 17.5 Å². The fraction of sp³-hybridized carbons (Fsp3) is 0.632. The average molecular weight is 387 g/mol. The first-order chi connectivity index (χ1) is 13.3. The van der Waals surface area contributed by atoms with Gasteiger partial charge in [0.25, 0.3) is 0 Å². The minimum absolute atomic E-state index is 0.00817. The number of anilines is 2. The molecule has 1 aliphatic heterocycles. The lowest BCUT2D eigenvalue weighted by Crippen LogP contribution is -2.60. The van der Waals surface area contributed by atoms with E-state index in [0.717, 1.165) is 25.5 Å². The quantitative estimate of drug-likeness (QED) is 0.788. The summed E-state index contributed by atoms with van der Waals surface area (Å²) >= 11 is 0. The Morgan fingerprint density at radius 3 is 2.64 bits per heavy atom. The SMILES string of the molecule is Cc1nc(OC(C)C)nc(N2CCN(c3ccnc(CCO)n3)C(C)(C)C2)n1. The summed E-state index contributed by atoms with van der Waals surface area (Å²) in [6.07, 6.45) is 2.21. The lowest BCUT2D eigenvalue weighted by atomic mass is 9.99. The molecule has 2 aromatic heterocycles. The largest absolute Gasteiger partial charge is 0.461 e. The van der Waals surface area contributed by atoms with Crippen molar-refractivity contribution in [1.82, 2.24) is 24.9 Å². The zero-order valence-corrected chi connectivity index (χ0v) is 17.3. The van der Waals surface area contributed by atoms with E-state index in [1.807, 2.05) is 26.8 Å². The number of hydrogen-bond acceptors (Lipinski definition) is 9. The van der Waals surface area contributed by atoms with Gasteiger partial charge >= 0.3 is 6.01 Å².